The SMILES string of the molecule is Cc1c(CN2CCN(C(=O)n3ccc(COCO)n3)CC2)[nH]c2ccc(Cl)cc12. The van der Waals surface area contributed by atoms with E-state index in [0.717, 1.165) is 35.6 Å². The number of aliphatic hydroxyl groups excluding tert-OH is 1. The largest absolute Gasteiger partial charge is 0.371 e. The summed E-state index contributed by atoms with van der Waals surface area (Å²) in [5.74, 6) is 0. The van der Waals surface area contributed by atoms with E-state index in [0.29, 0.717) is 18.8 Å². The Hall–Kier alpha value is -2.39. The molecule has 9 heteroatoms. The number of H-pyrrole nitrogens is 1. The molecular weight excluding hydrogens is 394 g/mol. The van der Waals surface area contributed by atoms with Crippen LogP contribution in [-0.2, 0) is 17.9 Å². The second-order valence-electron chi connectivity index (χ2n) is 7.19. The lowest BCUT2D eigenvalue weighted by Crippen LogP contribution is -2.49. The number of ether oxygens (including phenoxy) is 1. The van der Waals surface area contributed by atoms with Gasteiger partial charge in [0.25, 0.3) is 0 Å². The number of nitrogens with zero attached hydrogens (tertiary/aromatic N) is 4. The van der Waals surface area contributed by atoms with E-state index in [9.17, 15) is 4.79 Å². The van der Waals surface area contributed by atoms with Crippen molar-refractivity contribution in [1.82, 2.24) is 24.6 Å². The average molecular weight is 418 g/mol. The first-order chi connectivity index (χ1) is 14.0. The van der Waals surface area contributed by atoms with E-state index in [1.165, 1.54) is 15.9 Å². The van der Waals surface area contributed by atoms with Crippen LogP contribution in [-0.4, -0.2) is 68.7 Å². The molecule has 0 aliphatic carbocycles. The number of carbonyl (C=O) groups excluding carboxylic acids is 1. The van der Waals surface area contributed by atoms with Crippen molar-refractivity contribution >= 4 is 28.5 Å². The van der Waals surface area contributed by atoms with Gasteiger partial charge in [-0.1, -0.05) is 11.6 Å². The predicted molar refractivity (Wildman–Crippen MR) is 110 cm³/mol. The number of nitrogens with one attached hydrogen (secondary N) is 1. The summed E-state index contributed by atoms with van der Waals surface area (Å²) in [5, 5.41) is 14.8. The summed E-state index contributed by atoms with van der Waals surface area (Å²) in [6.45, 7) is 5.61. The smallest absolute Gasteiger partial charge is 0.344 e. The number of aryl methyl sites for hydroxylation is 1. The zero-order valence-corrected chi connectivity index (χ0v) is 17.0. The molecule has 0 saturated carbocycles. The molecular formula is C20H24ClN5O3. The molecule has 1 amide bonds. The second kappa shape index (κ2) is 8.54. The van der Waals surface area contributed by atoms with Gasteiger partial charge in [-0.05, 0) is 36.8 Å². The third-order valence-corrected chi connectivity index (χ3v) is 5.56. The summed E-state index contributed by atoms with van der Waals surface area (Å²) in [5.41, 5.74) is 4.11. The summed E-state index contributed by atoms with van der Waals surface area (Å²) >= 11 is 6.13. The first-order valence-electron chi connectivity index (χ1n) is 9.56. The van der Waals surface area contributed by atoms with E-state index in [-0.39, 0.29) is 19.4 Å². The van der Waals surface area contributed by atoms with Crippen LogP contribution in [0.1, 0.15) is 17.0 Å². The van der Waals surface area contributed by atoms with Crippen LogP contribution in [0.5, 0.6) is 0 Å². The highest BCUT2D eigenvalue weighted by molar-refractivity contribution is 6.31. The number of benzene rings is 1. The quantitative estimate of drug-likeness (QED) is 0.623. The minimum atomic E-state index is -0.369. The molecule has 3 heterocycles. The normalized spacial score (nSPS) is 15.3. The third-order valence-electron chi connectivity index (χ3n) is 5.33. The number of amides is 1. The molecule has 8 nitrogen and oxygen atoms in total. The molecule has 1 fully saturated rings. The highest BCUT2D eigenvalue weighted by Gasteiger charge is 2.23. The maximum Gasteiger partial charge on any atom is 0.344 e. The van der Waals surface area contributed by atoms with Crippen LogP contribution in [0.25, 0.3) is 10.9 Å². The number of aliphatic hydroxyl groups is 1. The van der Waals surface area contributed by atoms with Gasteiger partial charge in [0.2, 0.25) is 0 Å². The summed E-state index contributed by atoms with van der Waals surface area (Å²) in [6, 6.07) is 7.47. The van der Waals surface area contributed by atoms with Crippen molar-refractivity contribution < 1.29 is 14.6 Å². The molecule has 3 aromatic rings. The van der Waals surface area contributed by atoms with Gasteiger partial charge in [0.05, 0.1) is 12.3 Å². The Morgan fingerprint density at radius 2 is 2.07 bits per heavy atom. The van der Waals surface area contributed by atoms with E-state index in [4.69, 9.17) is 21.4 Å². The van der Waals surface area contributed by atoms with Gasteiger partial charge < -0.3 is 19.7 Å². The van der Waals surface area contributed by atoms with E-state index >= 15 is 0 Å². The molecule has 0 radical (unpaired) electrons. The van der Waals surface area contributed by atoms with Gasteiger partial charge in [-0.25, -0.2) is 4.79 Å². The Bertz CT molecular complexity index is 1010. The fourth-order valence-corrected chi connectivity index (χ4v) is 3.85. The lowest BCUT2D eigenvalue weighted by Gasteiger charge is -2.34. The first-order valence-corrected chi connectivity index (χ1v) is 9.94. The molecule has 154 valence electrons. The fourth-order valence-electron chi connectivity index (χ4n) is 3.67. The molecule has 4 rings (SSSR count). The van der Waals surface area contributed by atoms with E-state index in [1.54, 1.807) is 17.2 Å². The Balaban J connectivity index is 1.35. The maximum absolute atomic E-state index is 12.7. The molecule has 1 aliphatic rings. The van der Waals surface area contributed by atoms with Crippen LogP contribution < -0.4 is 0 Å². The maximum atomic E-state index is 12.7. The average Bonchev–Trinajstić information content (AvgIpc) is 3.32. The number of hydrogen-bond acceptors (Lipinski definition) is 5. The molecule has 2 N–H and O–H groups in total. The molecule has 0 bridgehead atoms. The summed E-state index contributed by atoms with van der Waals surface area (Å²) in [7, 11) is 0. The fraction of sp³-hybridized carbons (Fsp3) is 0.400. The van der Waals surface area contributed by atoms with E-state index in [1.807, 2.05) is 18.2 Å². The zero-order chi connectivity index (χ0) is 20.4. The van der Waals surface area contributed by atoms with Crippen molar-refractivity contribution in [3.8, 4) is 0 Å². The Labute approximate surface area is 173 Å². The van der Waals surface area contributed by atoms with Crippen molar-refractivity contribution in [3.63, 3.8) is 0 Å². The minimum absolute atomic E-state index is 0.142. The molecule has 29 heavy (non-hydrogen) atoms. The van der Waals surface area contributed by atoms with E-state index < -0.39 is 0 Å². The van der Waals surface area contributed by atoms with Gasteiger partial charge in [0.15, 0.2) is 0 Å². The molecule has 0 atom stereocenters. The number of fused-ring (bicyclic) bond motifs is 1. The Morgan fingerprint density at radius 3 is 2.83 bits per heavy atom. The number of aromatic amines is 1. The van der Waals surface area contributed by atoms with E-state index in [2.05, 4.69) is 21.9 Å². The van der Waals surface area contributed by atoms with Crippen molar-refractivity contribution in [1.29, 1.82) is 0 Å². The highest BCUT2D eigenvalue weighted by atomic mass is 35.5. The second-order valence-corrected chi connectivity index (χ2v) is 7.63. The first kappa shape index (κ1) is 19.9. The van der Waals surface area contributed by atoms with Crippen molar-refractivity contribution in [2.45, 2.75) is 20.1 Å². The van der Waals surface area contributed by atoms with Crippen LogP contribution in [0.3, 0.4) is 0 Å². The topological polar surface area (TPSA) is 86.6 Å². The molecule has 1 aliphatic heterocycles. The molecule has 1 aromatic carbocycles. The highest BCUT2D eigenvalue weighted by Crippen LogP contribution is 2.26. The van der Waals surface area contributed by atoms with Gasteiger partial charge in [-0.2, -0.15) is 9.78 Å². The standard InChI is InChI=1S/C20H24ClN5O3/c1-14-17-10-15(21)2-3-18(17)22-19(14)11-24-6-8-25(9-7-24)20(28)26-5-4-16(23-26)12-29-13-27/h2-5,10,22,27H,6-9,11-13H2,1H3. The number of aromatic nitrogens is 3. The van der Waals surface area contributed by atoms with Gasteiger partial charge in [-0.15, -0.1) is 0 Å². The van der Waals surface area contributed by atoms with Crippen molar-refractivity contribution in [3.05, 3.63) is 52.4 Å². The molecule has 1 saturated heterocycles. The predicted octanol–water partition coefficient (Wildman–Crippen LogP) is 2.58. The van der Waals surface area contributed by atoms with Crippen molar-refractivity contribution in [2.24, 2.45) is 0 Å². The zero-order valence-electron chi connectivity index (χ0n) is 16.3. The summed E-state index contributed by atoms with van der Waals surface area (Å²) < 4.78 is 6.24. The summed E-state index contributed by atoms with van der Waals surface area (Å²) in [4.78, 5) is 20.3. The van der Waals surface area contributed by atoms with Gasteiger partial charge in [0, 0.05) is 60.5 Å². The van der Waals surface area contributed by atoms with Crippen LogP contribution in [0.15, 0.2) is 30.5 Å². The van der Waals surface area contributed by atoms with Gasteiger partial charge in [0.1, 0.15) is 6.79 Å². The monoisotopic (exact) mass is 417 g/mol. The van der Waals surface area contributed by atoms with Gasteiger partial charge >= 0.3 is 6.03 Å². The minimum Gasteiger partial charge on any atom is -0.371 e. The summed E-state index contributed by atoms with van der Waals surface area (Å²) in [6.07, 6.45) is 1.63. The Kier molecular flexibility index (Phi) is 5.86. The van der Waals surface area contributed by atoms with Crippen LogP contribution >= 0.6 is 11.6 Å². The third kappa shape index (κ3) is 4.30. The molecule has 0 unspecified atom stereocenters. The van der Waals surface area contributed by atoms with Crippen LogP contribution in [0.2, 0.25) is 5.02 Å². The number of rotatable bonds is 5. The number of carbonyl (C=O) groups is 1. The van der Waals surface area contributed by atoms with Crippen LogP contribution in [0, 0.1) is 6.92 Å². The van der Waals surface area contributed by atoms with Gasteiger partial charge in [-0.3, -0.25) is 4.90 Å². The number of piperazine rings is 1. The number of halogens is 1. The molecule has 0 spiro atoms. The lowest BCUT2D eigenvalue weighted by atomic mass is 10.1. The Morgan fingerprint density at radius 1 is 1.28 bits per heavy atom. The lowest BCUT2D eigenvalue weighted by molar-refractivity contribution is -0.0126. The van der Waals surface area contributed by atoms with Crippen molar-refractivity contribution in [2.75, 3.05) is 33.0 Å². The number of hydrogen-bond donors (Lipinski definition) is 2. The molecule has 2 aromatic heterocycles. The van der Waals surface area contributed by atoms with Crippen LogP contribution in [0.4, 0.5) is 4.79 Å².